The molecule has 0 aromatic carbocycles. The summed E-state index contributed by atoms with van der Waals surface area (Å²) in [4.78, 5) is 0. The highest BCUT2D eigenvalue weighted by Crippen LogP contribution is 2.25. The summed E-state index contributed by atoms with van der Waals surface area (Å²) in [6.45, 7) is -0.0612. The molecule has 0 bridgehead atoms. The summed E-state index contributed by atoms with van der Waals surface area (Å²) in [6.07, 6.45) is 0. The lowest BCUT2D eigenvalue weighted by atomic mass is 10.8. The Balaban J connectivity index is 3.36. The SMILES string of the molecule is CC1(N)S(=O)(=O)OCOS1(=O)=O. The second kappa shape index (κ2) is 2.39. The van der Waals surface area contributed by atoms with Gasteiger partial charge in [0.05, 0.1) is 0 Å². The zero-order valence-electron chi connectivity index (χ0n) is 6.05. The third kappa shape index (κ3) is 1.13. The Bertz CT molecular complexity index is 341. The third-order valence-electron chi connectivity index (χ3n) is 1.40. The Morgan fingerprint density at radius 3 is 1.75 bits per heavy atom. The van der Waals surface area contributed by atoms with Crippen LogP contribution >= 0.6 is 0 Å². The van der Waals surface area contributed by atoms with E-state index in [4.69, 9.17) is 5.73 Å². The van der Waals surface area contributed by atoms with E-state index in [1.807, 2.05) is 0 Å². The Morgan fingerprint density at radius 2 is 1.50 bits per heavy atom. The van der Waals surface area contributed by atoms with Gasteiger partial charge in [0.1, 0.15) is 0 Å². The Morgan fingerprint density at radius 1 is 1.17 bits per heavy atom. The van der Waals surface area contributed by atoms with E-state index < -0.39 is 31.2 Å². The van der Waals surface area contributed by atoms with E-state index >= 15 is 0 Å². The van der Waals surface area contributed by atoms with E-state index in [0.717, 1.165) is 6.92 Å². The van der Waals surface area contributed by atoms with Gasteiger partial charge in [-0.1, -0.05) is 0 Å². The molecule has 1 rings (SSSR count). The van der Waals surface area contributed by atoms with Crippen molar-refractivity contribution in [3.63, 3.8) is 0 Å². The number of nitrogens with two attached hydrogens (primary N) is 1. The summed E-state index contributed by atoms with van der Waals surface area (Å²) in [5.74, 6) is 0. The highest BCUT2D eigenvalue weighted by molar-refractivity contribution is 8.06. The molecule has 9 heteroatoms. The molecule has 72 valence electrons. The van der Waals surface area contributed by atoms with E-state index in [-0.39, 0.29) is 0 Å². The Kier molecular flexibility index (Phi) is 1.96. The van der Waals surface area contributed by atoms with Gasteiger partial charge in [0.25, 0.3) is 4.20 Å². The maximum atomic E-state index is 10.9. The van der Waals surface area contributed by atoms with Crippen LogP contribution in [0.2, 0.25) is 0 Å². The smallest absolute Gasteiger partial charge is 0.296 e. The van der Waals surface area contributed by atoms with Crippen LogP contribution in [0.25, 0.3) is 0 Å². The molecule has 0 saturated carbocycles. The molecule has 1 saturated heterocycles. The minimum atomic E-state index is -4.30. The minimum Gasteiger partial charge on any atom is -0.296 e. The molecule has 12 heavy (non-hydrogen) atoms. The summed E-state index contributed by atoms with van der Waals surface area (Å²) in [5, 5.41) is 0. The van der Waals surface area contributed by atoms with Crippen LogP contribution in [-0.4, -0.2) is 27.8 Å². The van der Waals surface area contributed by atoms with Crippen LogP contribution in [0.4, 0.5) is 0 Å². The molecule has 7 nitrogen and oxygen atoms in total. The van der Waals surface area contributed by atoms with Crippen molar-refractivity contribution in [2.24, 2.45) is 5.73 Å². The van der Waals surface area contributed by atoms with Crippen LogP contribution in [0.5, 0.6) is 0 Å². The average molecular weight is 217 g/mol. The van der Waals surface area contributed by atoms with Crippen molar-refractivity contribution in [2.45, 2.75) is 11.1 Å². The molecule has 0 radical (unpaired) electrons. The monoisotopic (exact) mass is 217 g/mol. The quantitative estimate of drug-likeness (QED) is 0.480. The van der Waals surface area contributed by atoms with Gasteiger partial charge in [-0.25, -0.2) is 8.37 Å². The van der Waals surface area contributed by atoms with E-state index in [1.54, 1.807) is 0 Å². The molecule has 0 aliphatic carbocycles. The predicted octanol–water partition coefficient (Wildman–Crippen LogP) is -1.72. The van der Waals surface area contributed by atoms with Crippen molar-refractivity contribution in [2.75, 3.05) is 6.79 Å². The molecule has 1 heterocycles. The highest BCUT2D eigenvalue weighted by atomic mass is 32.3. The van der Waals surface area contributed by atoms with Crippen LogP contribution < -0.4 is 5.73 Å². The van der Waals surface area contributed by atoms with Crippen molar-refractivity contribution in [1.82, 2.24) is 0 Å². The standard InChI is InChI=1S/C3H7NO6S2/c1-3(4)11(5,6)9-2-10-12(3,7)8/h2,4H2,1H3. The minimum absolute atomic E-state index is 0.789. The molecular weight excluding hydrogens is 210 g/mol. The first-order valence-corrected chi connectivity index (χ1v) is 5.59. The van der Waals surface area contributed by atoms with Crippen LogP contribution in [0.15, 0.2) is 0 Å². The van der Waals surface area contributed by atoms with Crippen LogP contribution in [0.1, 0.15) is 6.92 Å². The van der Waals surface area contributed by atoms with E-state index in [9.17, 15) is 16.8 Å². The van der Waals surface area contributed by atoms with Crippen molar-refractivity contribution < 1.29 is 25.2 Å². The van der Waals surface area contributed by atoms with Crippen molar-refractivity contribution in [3.8, 4) is 0 Å². The van der Waals surface area contributed by atoms with Crippen LogP contribution in [-0.2, 0) is 28.6 Å². The van der Waals surface area contributed by atoms with Crippen molar-refractivity contribution in [3.05, 3.63) is 0 Å². The molecule has 0 spiro atoms. The highest BCUT2D eigenvalue weighted by Gasteiger charge is 2.53. The van der Waals surface area contributed by atoms with Crippen molar-refractivity contribution >= 4 is 20.2 Å². The largest absolute Gasteiger partial charge is 0.305 e. The summed E-state index contributed by atoms with van der Waals surface area (Å²) in [6, 6.07) is 0. The van der Waals surface area contributed by atoms with Gasteiger partial charge in [-0.2, -0.15) is 16.8 Å². The Labute approximate surface area is 69.7 Å². The first-order valence-electron chi connectivity index (χ1n) is 2.77. The maximum absolute atomic E-state index is 10.9. The van der Waals surface area contributed by atoms with Gasteiger partial charge in [0.2, 0.25) is 0 Å². The van der Waals surface area contributed by atoms with Gasteiger partial charge in [0, 0.05) is 0 Å². The summed E-state index contributed by atoms with van der Waals surface area (Å²) in [7, 11) is -8.61. The molecule has 1 fully saturated rings. The maximum Gasteiger partial charge on any atom is 0.305 e. The van der Waals surface area contributed by atoms with Gasteiger partial charge in [-0.3, -0.25) is 5.73 Å². The van der Waals surface area contributed by atoms with Gasteiger partial charge in [-0.05, 0) is 6.92 Å². The van der Waals surface area contributed by atoms with E-state index in [1.165, 1.54) is 0 Å². The molecule has 0 unspecified atom stereocenters. The van der Waals surface area contributed by atoms with Gasteiger partial charge in [0.15, 0.2) is 6.79 Å². The summed E-state index contributed by atoms with van der Waals surface area (Å²) in [5.41, 5.74) is 5.01. The zero-order chi connectivity index (χ0) is 9.62. The predicted molar refractivity (Wildman–Crippen MR) is 37.5 cm³/mol. The number of hydrogen-bond donors (Lipinski definition) is 1. The topological polar surface area (TPSA) is 113 Å². The van der Waals surface area contributed by atoms with Gasteiger partial charge in [-0.15, -0.1) is 0 Å². The normalized spacial score (nSPS) is 31.2. The molecule has 0 amide bonds. The molecule has 0 aromatic rings. The number of rotatable bonds is 0. The summed E-state index contributed by atoms with van der Waals surface area (Å²) < 4.78 is 49.2. The molecule has 2 N–H and O–H groups in total. The third-order valence-corrected chi connectivity index (χ3v) is 5.42. The first-order chi connectivity index (χ1) is 5.21. The van der Waals surface area contributed by atoms with E-state index in [2.05, 4.69) is 8.37 Å². The van der Waals surface area contributed by atoms with Crippen LogP contribution in [0, 0.1) is 0 Å². The lowest BCUT2D eigenvalue weighted by Crippen LogP contribution is -2.56. The van der Waals surface area contributed by atoms with Gasteiger partial charge >= 0.3 is 20.2 Å². The fraction of sp³-hybridized carbons (Fsp3) is 1.00. The van der Waals surface area contributed by atoms with Crippen LogP contribution in [0.3, 0.4) is 0 Å². The summed E-state index contributed by atoms with van der Waals surface area (Å²) >= 11 is 0. The molecule has 1 aliphatic heterocycles. The fourth-order valence-corrected chi connectivity index (χ4v) is 2.67. The number of hydrogen-bond acceptors (Lipinski definition) is 7. The fourth-order valence-electron chi connectivity index (χ4n) is 0.505. The second-order valence-electron chi connectivity index (χ2n) is 2.28. The molecule has 0 atom stereocenters. The molecule has 1 aliphatic rings. The molecule has 0 aromatic heterocycles. The Hall–Kier alpha value is -0.220. The van der Waals surface area contributed by atoms with Gasteiger partial charge < -0.3 is 0 Å². The lowest BCUT2D eigenvalue weighted by Gasteiger charge is -2.26. The van der Waals surface area contributed by atoms with E-state index in [0.29, 0.717) is 0 Å². The lowest BCUT2D eigenvalue weighted by molar-refractivity contribution is 0.112. The van der Waals surface area contributed by atoms with Crippen molar-refractivity contribution in [1.29, 1.82) is 0 Å². The zero-order valence-corrected chi connectivity index (χ0v) is 7.68. The second-order valence-corrected chi connectivity index (χ2v) is 6.52. The molecular formula is C3H7NO6S2. The first kappa shape index (κ1) is 9.86. The average Bonchev–Trinajstić information content (AvgIpc) is 1.83.